The summed E-state index contributed by atoms with van der Waals surface area (Å²) in [6, 6.07) is 5.67. The predicted octanol–water partition coefficient (Wildman–Crippen LogP) is 2.00. The van der Waals surface area contributed by atoms with E-state index >= 15 is 0 Å². The molecule has 0 saturated heterocycles. The predicted molar refractivity (Wildman–Crippen MR) is 45.6 cm³/mol. The molecule has 0 aromatic heterocycles. The van der Waals surface area contributed by atoms with E-state index in [1.54, 1.807) is 7.11 Å². The maximum atomic E-state index is 7.08. The zero-order chi connectivity index (χ0) is 8.27. The maximum Gasteiger partial charge on any atom is 0.122 e. The van der Waals surface area contributed by atoms with Crippen LogP contribution < -0.4 is 4.74 Å². The number of methoxy groups -OCH3 is 1. The van der Waals surface area contributed by atoms with Crippen molar-refractivity contribution in [1.82, 2.24) is 0 Å². The summed E-state index contributed by atoms with van der Waals surface area (Å²) < 4.78 is 5.08. The van der Waals surface area contributed by atoms with Gasteiger partial charge in [-0.15, -0.1) is 0 Å². The van der Waals surface area contributed by atoms with Crippen molar-refractivity contribution >= 4 is 6.21 Å². The van der Waals surface area contributed by atoms with Crippen LogP contribution in [0.5, 0.6) is 5.75 Å². The van der Waals surface area contributed by atoms with Crippen LogP contribution in [-0.2, 0) is 0 Å². The van der Waals surface area contributed by atoms with Crippen LogP contribution in [-0.4, -0.2) is 13.3 Å². The summed E-state index contributed by atoms with van der Waals surface area (Å²) >= 11 is 0. The van der Waals surface area contributed by atoms with Gasteiger partial charge < -0.3 is 10.1 Å². The Balaban J connectivity index is 3.20. The van der Waals surface area contributed by atoms with Gasteiger partial charge in [0.05, 0.1) is 7.11 Å². The van der Waals surface area contributed by atoms with Crippen molar-refractivity contribution in [2.24, 2.45) is 0 Å². The molecule has 1 rings (SSSR count). The van der Waals surface area contributed by atoms with Crippen LogP contribution in [0.1, 0.15) is 11.1 Å². The van der Waals surface area contributed by atoms with E-state index in [0.29, 0.717) is 0 Å². The van der Waals surface area contributed by atoms with Crippen LogP contribution in [0.3, 0.4) is 0 Å². The smallest absolute Gasteiger partial charge is 0.122 e. The lowest BCUT2D eigenvalue weighted by atomic mass is 10.1. The highest BCUT2D eigenvalue weighted by atomic mass is 16.5. The Labute approximate surface area is 66.3 Å². The molecule has 0 saturated carbocycles. The molecule has 0 spiro atoms. The molecule has 58 valence electrons. The SMILES string of the molecule is COc1cccc(C=N)c1C. The average molecular weight is 149 g/mol. The lowest BCUT2D eigenvalue weighted by Crippen LogP contribution is -1.91. The van der Waals surface area contributed by atoms with Gasteiger partial charge in [-0.05, 0) is 24.1 Å². The number of benzene rings is 1. The van der Waals surface area contributed by atoms with Crippen molar-refractivity contribution in [3.05, 3.63) is 29.3 Å². The summed E-state index contributed by atoms with van der Waals surface area (Å²) in [5.74, 6) is 0.839. The van der Waals surface area contributed by atoms with Crippen LogP contribution in [0.15, 0.2) is 18.2 Å². The molecule has 0 radical (unpaired) electrons. The molecule has 0 aliphatic heterocycles. The lowest BCUT2D eigenvalue weighted by molar-refractivity contribution is 0.411. The van der Waals surface area contributed by atoms with Crippen molar-refractivity contribution in [1.29, 1.82) is 5.41 Å². The minimum atomic E-state index is 0.839. The van der Waals surface area contributed by atoms with Crippen LogP contribution in [0.4, 0.5) is 0 Å². The molecule has 11 heavy (non-hydrogen) atoms. The quantitative estimate of drug-likeness (QED) is 0.641. The standard InChI is InChI=1S/C9H11NO/c1-7-8(6-10)4-3-5-9(7)11-2/h3-6,10H,1-2H3. The van der Waals surface area contributed by atoms with Crippen molar-refractivity contribution in [2.45, 2.75) is 6.92 Å². The lowest BCUT2D eigenvalue weighted by Gasteiger charge is -2.05. The summed E-state index contributed by atoms with van der Waals surface area (Å²) in [6.45, 7) is 1.94. The maximum absolute atomic E-state index is 7.08. The first-order chi connectivity index (χ1) is 5.29. The second kappa shape index (κ2) is 3.19. The van der Waals surface area contributed by atoms with Gasteiger partial charge in [-0.3, -0.25) is 0 Å². The van der Waals surface area contributed by atoms with Gasteiger partial charge in [0, 0.05) is 6.21 Å². The van der Waals surface area contributed by atoms with Crippen molar-refractivity contribution in [2.75, 3.05) is 7.11 Å². The Morgan fingerprint density at radius 1 is 1.45 bits per heavy atom. The molecule has 0 aliphatic carbocycles. The van der Waals surface area contributed by atoms with E-state index in [1.165, 1.54) is 6.21 Å². The zero-order valence-electron chi connectivity index (χ0n) is 6.72. The summed E-state index contributed by atoms with van der Waals surface area (Å²) in [5.41, 5.74) is 1.93. The Morgan fingerprint density at radius 3 is 2.73 bits per heavy atom. The molecular weight excluding hydrogens is 138 g/mol. The molecular formula is C9H11NO. The summed E-state index contributed by atoms with van der Waals surface area (Å²) in [6.07, 6.45) is 1.33. The molecule has 2 heteroatoms. The third kappa shape index (κ3) is 1.40. The van der Waals surface area contributed by atoms with Gasteiger partial charge in [0.25, 0.3) is 0 Å². The third-order valence-corrected chi connectivity index (χ3v) is 1.70. The number of nitrogens with one attached hydrogen (secondary N) is 1. The van der Waals surface area contributed by atoms with E-state index in [9.17, 15) is 0 Å². The number of rotatable bonds is 2. The third-order valence-electron chi connectivity index (χ3n) is 1.70. The monoisotopic (exact) mass is 149 g/mol. The topological polar surface area (TPSA) is 33.1 Å². The minimum absolute atomic E-state index is 0.839. The fraction of sp³-hybridized carbons (Fsp3) is 0.222. The van der Waals surface area contributed by atoms with Crippen LogP contribution in [0.2, 0.25) is 0 Å². The Morgan fingerprint density at radius 2 is 2.18 bits per heavy atom. The van der Waals surface area contributed by atoms with Gasteiger partial charge in [-0.25, -0.2) is 0 Å². The second-order valence-electron chi connectivity index (χ2n) is 2.32. The van der Waals surface area contributed by atoms with Crippen LogP contribution in [0, 0.1) is 12.3 Å². The summed E-state index contributed by atoms with van der Waals surface area (Å²) in [4.78, 5) is 0. The van der Waals surface area contributed by atoms with E-state index < -0.39 is 0 Å². The highest BCUT2D eigenvalue weighted by Crippen LogP contribution is 2.18. The average Bonchev–Trinajstić information content (AvgIpc) is 2.05. The number of ether oxygens (including phenoxy) is 1. The molecule has 2 nitrogen and oxygen atoms in total. The number of hydrogen-bond acceptors (Lipinski definition) is 2. The molecule has 0 bridgehead atoms. The van der Waals surface area contributed by atoms with Gasteiger partial charge >= 0.3 is 0 Å². The molecule has 0 amide bonds. The first-order valence-corrected chi connectivity index (χ1v) is 3.43. The van der Waals surface area contributed by atoms with E-state index in [4.69, 9.17) is 10.1 Å². The van der Waals surface area contributed by atoms with E-state index in [0.717, 1.165) is 16.9 Å². The molecule has 0 fully saturated rings. The normalized spacial score (nSPS) is 9.27. The van der Waals surface area contributed by atoms with Crippen LogP contribution >= 0.6 is 0 Å². The summed E-state index contributed by atoms with van der Waals surface area (Å²) in [5, 5.41) is 7.08. The highest BCUT2D eigenvalue weighted by molar-refractivity contribution is 5.80. The molecule has 0 heterocycles. The largest absolute Gasteiger partial charge is 0.496 e. The van der Waals surface area contributed by atoms with Crippen molar-refractivity contribution in [3.8, 4) is 5.75 Å². The molecule has 0 unspecified atom stereocenters. The zero-order valence-corrected chi connectivity index (χ0v) is 6.72. The molecule has 1 aromatic rings. The van der Waals surface area contributed by atoms with Gasteiger partial charge in [0.1, 0.15) is 5.75 Å². The fourth-order valence-corrected chi connectivity index (χ4v) is 1.01. The minimum Gasteiger partial charge on any atom is -0.496 e. The van der Waals surface area contributed by atoms with E-state index in [-0.39, 0.29) is 0 Å². The first kappa shape index (κ1) is 7.79. The van der Waals surface area contributed by atoms with E-state index in [1.807, 2.05) is 25.1 Å². The van der Waals surface area contributed by atoms with Gasteiger partial charge in [-0.1, -0.05) is 12.1 Å². The summed E-state index contributed by atoms with van der Waals surface area (Å²) in [7, 11) is 1.63. The highest BCUT2D eigenvalue weighted by Gasteiger charge is 1.99. The van der Waals surface area contributed by atoms with Gasteiger partial charge in [0.2, 0.25) is 0 Å². The fourth-order valence-electron chi connectivity index (χ4n) is 1.01. The molecule has 1 N–H and O–H groups in total. The van der Waals surface area contributed by atoms with Crippen molar-refractivity contribution < 1.29 is 4.74 Å². The molecule has 0 aliphatic rings. The Kier molecular flexibility index (Phi) is 2.26. The molecule has 1 aromatic carbocycles. The molecule has 0 atom stereocenters. The van der Waals surface area contributed by atoms with Crippen molar-refractivity contribution in [3.63, 3.8) is 0 Å². The number of hydrogen-bond donors (Lipinski definition) is 1. The Hall–Kier alpha value is -1.31. The second-order valence-corrected chi connectivity index (χ2v) is 2.32. The van der Waals surface area contributed by atoms with Crippen LogP contribution in [0.25, 0.3) is 0 Å². The van der Waals surface area contributed by atoms with Gasteiger partial charge in [-0.2, -0.15) is 0 Å². The Bertz CT molecular complexity index is 268. The van der Waals surface area contributed by atoms with E-state index in [2.05, 4.69) is 0 Å². The van der Waals surface area contributed by atoms with Gasteiger partial charge in [0.15, 0.2) is 0 Å². The first-order valence-electron chi connectivity index (χ1n) is 3.43.